The standard InChI is InChI=1S/C70H62N4O.Pt/c1-66(2,3)43-36-44(38-46(37-43)75-45-30-31-52-54-25-17-27-58-63(54)74-61(70(10,11)69(58,8)9)40-71-65(74)56(52)39-45)72-41-73-62-47(42-29-32-57-59(35-42)68(6,7)34-33-67(57,4)5)23-16-24-53(62)50-21-14-12-19-48(50)49-20-13-15-22-51(49)55-26-18-28-60(72)64(55)73;/h12-32,35-37,40H,33-34H2,1-11H3;/q-2;/i4D3,5D3,6D3,7D3,12D,13D,14D,15D,19D,20D,21D,22D,29D,32D,33D2,34D2,35D;. The molecule has 0 amide bonds. The van der Waals surface area contributed by atoms with E-state index in [9.17, 15) is 17.8 Å². The van der Waals surface area contributed by atoms with E-state index in [1.807, 2.05) is 39.1 Å². The first-order valence-corrected chi connectivity index (χ1v) is 24.5. The summed E-state index contributed by atoms with van der Waals surface area (Å²) in [5.74, 6) is 0.375. The molecular formula is C70H62N4OPt-2. The summed E-state index contributed by atoms with van der Waals surface area (Å²) in [6.45, 7) is -2.91. The second-order valence-electron chi connectivity index (χ2n) is 21.7. The molecule has 8 aromatic carbocycles. The Hall–Kier alpha value is -7.07. The Morgan fingerprint density at radius 3 is 2.05 bits per heavy atom. The maximum absolute atomic E-state index is 10.4. The second kappa shape index (κ2) is 16.5. The molecule has 5 heterocycles. The fraction of sp³-hybridized carbons (Fsp3) is 0.257. The van der Waals surface area contributed by atoms with E-state index in [0.29, 0.717) is 16.6 Å². The number of hydrogen-bond acceptors (Lipinski definition) is 2. The van der Waals surface area contributed by atoms with E-state index in [1.165, 1.54) is 33.4 Å². The van der Waals surface area contributed by atoms with Crippen molar-refractivity contribution in [1.29, 1.82) is 0 Å². The Labute approximate surface area is 499 Å². The molecule has 0 atom stereocenters. The van der Waals surface area contributed by atoms with E-state index in [1.54, 1.807) is 24.3 Å². The number of ether oxygens (including phenoxy) is 1. The smallest absolute Gasteiger partial charge is 0.268 e. The van der Waals surface area contributed by atoms with E-state index < -0.39 is 167 Å². The Morgan fingerprint density at radius 2 is 1.33 bits per heavy atom. The monoisotopic (exact) mass is 1200 g/mol. The summed E-state index contributed by atoms with van der Waals surface area (Å²) in [6.07, 6.45) is -4.09. The zero-order valence-corrected chi connectivity index (χ0v) is 44.4. The van der Waals surface area contributed by atoms with Crippen molar-refractivity contribution >= 4 is 38.4 Å². The van der Waals surface area contributed by atoms with Crippen LogP contribution in [0.4, 0.5) is 0 Å². The van der Waals surface area contributed by atoms with Crippen molar-refractivity contribution in [3.63, 3.8) is 0 Å². The van der Waals surface area contributed by atoms with Crippen LogP contribution in [0.3, 0.4) is 0 Å². The molecule has 76 heavy (non-hydrogen) atoms. The number of nitrogens with zero attached hydrogens (tertiary/aromatic N) is 4. The van der Waals surface area contributed by atoms with Crippen LogP contribution in [0, 0.1) is 18.5 Å². The van der Waals surface area contributed by atoms with Gasteiger partial charge in [-0.1, -0.05) is 214 Å². The summed E-state index contributed by atoms with van der Waals surface area (Å²) in [7, 11) is 0. The third-order valence-corrected chi connectivity index (χ3v) is 15.9. The van der Waals surface area contributed by atoms with E-state index in [0.717, 1.165) is 33.6 Å². The first-order chi connectivity index (χ1) is 46.9. The average Bonchev–Trinajstić information content (AvgIpc) is 1.26. The van der Waals surface area contributed by atoms with Gasteiger partial charge in [-0.15, -0.1) is 24.3 Å². The summed E-state index contributed by atoms with van der Waals surface area (Å²) < 4.78 is 264. The number of imidazole rings is 2. The number of fused-ring (bicyclic) bond motifs is 11. The molecule has 6 heteroatoms. The van der Waals surface area contributed by atoms with Crippen LogP contribution < -0.4 is 9.30 Å². The molecule has 3 aliphatic rings. The van der Waals surface area contributed by atoms with Crippen LogP contribution in [0.2, 0.25) is 0 Å². The van der Waals surface area contributed by atoms with Gasteiger partial charge in [0.1, 0.15) is 0 Å². The molecule has 0 saturated carbocycles. The van der Waals surface area contributed by atoms with Gasteiger partial charge >= 0.3 is 0 Å². The molecule has 11 aromatic rings. The Kier molecular flexibility index (Phi) is 5.92. The minimum absolute atomic E-state index is 0. The van der Waals surface area contributed by atoms with Crippen LogP contribution in [0.15, 0.2) is 152 Å². The van der Waals surface area contributed by atoms with E-state index >= 15 is 0 Å². The van der Waals surface area contributed by atoms with Gasteiger partial charge in [-0.3, -0.25) is 9.55 Å². The summed E-state index contributed by atoms with van der Waals surface area (Å²) in [5, 5.41) is 2.49. The topological polar surface area (TPSA) is 35.3 Å². The third kappa shape index (κ3) is 6.86. The Balaban J connectivity index is 0.00000945. The Bertz CT molecular complexity index is 5570. The largest absolute Gasteiger partial charge is 0.503 e. The van der Waals surface area contributed by atoms with Crippen LogP contribution in [0.5, 0.6) is 11.5 Å². The van der Waals surface area contributed by atoms with Crippen LogP contribution in [-0.2, 0) is 48.1 Å². The van der Waals surface area contributed by atoms with Crippen LogP contribution >= 0.6 is 0 Å². The summed E-state index contributed by atoms with van der Waals surface area (Å²) >= 11 is 0. The van der Waals surface area contributed by atoms with Crippen molar-refractivity contribution in [2.75, 3.05) is 0 Å². The number of benzene rings is 8. The van der Waals surface area contributed by atoms with Gasteiger partial charge in [0.2, 0.25) is 0 Å². The maximum Gasteiger partial charge on any atom is 0.268 e. The second-order valence-corrected chi connectivity index (χ2v) is 21.7. The molecule has 0 unspecified atom stereocenters. The number of pyridine rings is 1. The maximum atomic E-state index is 10.4. The van der Waals surface area contributed by atoms with Crippen molar-refractivity contribution < 1.29 is 67.4 Å². The molecule has 0 saturated heterocycles. The van der Waals surface area contributed by atoms with Crippen molar-refractivity contribution in [2.24, 2.45) is 0 Å². The number of hydrogen-bond donors (Lipinski definition) is 0. The van der Waals surface area contributed by atoms with Gasteiger partial charge in [-0.05, 0) is 101 Å². The quantitative estimate of drug-likeness (QED) is 0.1000. The molecule has 3 aromatic heterocycles. The number of para-hydroxylation sites is 3. The molecule has 5 nitrogen and oxygen atoms in total. The van der Waals surface area contributed by atoms with Crippen LogP contribution in [0.25, 0.3) is 94.2 Å². The molecule has 1 aliphatic carbocycles. The minimum atomic E-state index is -4.68. The fourth-order valence-corrected chi connectivity index (χ4v) is 11.3. The van der Waals surface area contributed by atoms with Gasteiger partial charge in [0.25, 0.3) is 6.33 Å². The van der Waals surface area contributed by atoms with Crippen molar-refractivity contribution in [3.8, 4) is 67.4 Å². The van der Waals surface area contributed by atoms with Gasteiger partial charge in [-0.25, -0.2) is 0 Å². The van der Waals surface area contributed by atoms with Gasteiger partial charge in [0, 0.05) is 82.7 Å². The predicted molar refractivity (Wildman–Crippen MR) is 307 cm³/mol. The summed E-state index contributed by atoms with van der Waals surface area (Å²) in [4.78, 5) is 5.01. The Morgan fingerprint density at radius 1 is 0.671 bits per heavy atom. The summed E-state index contributed by atoms with van der Waals surface area (Å²) in [5.41, 5.74) is -13.3. The first-order valence-electron chi connectivity index (χ1n) is 38.0. The van der Waals surface area contributed by atoms with Crippen LogP contribution in [0.1, 0.15) is 154 Å². The predicted octanol–water partition coefficient (Wildman–Crippen LogP) is 17.2. The zero-order chi connectivity index (χ0) is 74.9. The molecule has 0 radical (unpaired) electrons. The molecule has 2 aliphatic heterocycles. The van der Waals surface area contributed by atoms with Crippen molar-refractivity contribution in [1.82, 2.24) is 14.0 Å². The molecule has 0 N–H and O–H groups in total. The average molecular weight is 1200 g/mol. The van der Waals surface area contributed by atoms with E-state index in [2.05, 4.69) is 62.7 Å². The fourth-order valence-electron chi connectivity index (χ4n) is 11.3. The van der Waals surface area contributed by atoms with Gasteiger partial charge in [0.15, 0.2) is 0 Å². The zero-order valence-electron chi connectivity index (χ0n) is 69.1. The third-order valence-electron chi connectivity index (χ3n) is 15.9. The molecule has 0 bridgehead atoms. The molecule has 0 spiro atoms. The summed E-state index contributed by atoms with van der Waals surface area (Å²) in [6, 6.07) is 17.6. The first kappa shape index (κ1) is 27.3. The normalized spacial score (nSPS) is 23.4. The van der Waals surface area contributed by atoms with Crippen molar-refractivity contribution in [3.05, 3.63) is 198 Å². The number of aromatic nitrogens is 4. The SMILES string of the molecule is [2H]c1c([2H])c([2H])c2c(c1[2H])-c1cccc(-c3c([2H])c([2H])c4c(c3[2H])C(C([2H])([2H])[2H])(C([2H])([2H])[2H])C([2H])([2H])C([2H])([2H])C4(C([2H])([2H])[2H])C([2H])([2H])[2H])c1-[n+]1[c-]n(-c3[c-]c(Oc4[c-]c5c(cc4)c4cccc6c4n4c(cnc54)C(C)(C)C6(C)C)cc(C(C)(C)C)c3)c3cccc(c31)-c1c([2H])c([2H])c([2H])c([2H])c1-2.[Pt]. The van der Waals surface area contributed by atoms with Gasteiger partial charge < -0.3 is 13.7 Å². The van der Waals surface area contributed by atoms with E-state index in [-0.39, 0.29) is 76.8 Å². The molecule has 14 rings (SSSR count). The van der Waals surface area contributed by atoms with Crippen LogP contribution in [-0.4, -0.2) is 14.0 Å². The van der Waals surface area contributed by atoms with E-state index in [4.69, 9.17) is 28.9 Å². The van der Waals surface area contributed by atoms with Crippen molar-refractivity contribution in [2.45, 2.75) is 116 Å². The van der Waals surface area contributed by atoms with Gasteiger partial charge in [-0.2, -0.15) is 11.6 Å². The van der Waals surface area contributed by atoms with Gasteiger partial charge in [0.05, 0.1) is 37.4 Å². The molecule has 380 valence electrons. The molecular weight excluding hydrogens is 1110 g/mol. The minimum Gasteiger partial charge on any atom is -0.503 e. The molecule has 0 fully saturated rings. The number of rotatable bonds is 4.